The van der Waals surface area contributed by atoms with Crippen LogP contribution < -0.4 is 4.74 Å². The number of benzene rings is 1. The summed E-state index contributed by atoms with van der Waals surface area (Å²) in [6.07, 6.45) is 3.55. The van der Waals surface area contributed by atoms with Gasteiger partial charge in [-0.3, -0.25) is 0 Å². The molecule has 0 saturated carbocycles. The van der Waals surface area contributed by atoms with Crippen molar-refractivity contribution in [2.45, 2.75) is 39.5 Å². The Balaban J connectivity index is 2.82. The van der Waals surface area contributed by atoms with E-state index in [9.17, 15) is 4.79 Å². The molecular formula is C16H22O3. The van der Waals surface area contributed by atoms with E-state index >= 15 is 0 Å². The second-order valence-electron chi connectivity index (χ2n) is 4.47. The number of carbonyl (C=O) groups is 1. The summed E-state index contributed by atoms with van der Waals surface area (Å²) in [6, 6.07) is 8.02. The van der Waals surface area contributed by atoms with Crippen LogP contribution in [0.15, 0.2) is 36.1 Å². The molecule has 1 aromatic rings. The Morgan fingerprint density at radius 1 is 1.32 bits per heavy atom. The summed E-state index contributed by atoms with van der Waals surface area (Å²) in [5.41, 5.74) is 1.27. The van der Waals surface area contributed by atoms with Crippen molar-refractivity contribution in [2.24, 2.45) is 0 Å². The molecule has 0 aliphatic rings. The molecule has 0 aliphatic heterocycles. The van der Waals surface area contributed by atoms with E-state index in [1.54, 1.807) is 6.92 Å². The lowest BCUT2D eigenvalue weighted by molar-refractivity contribution is -0.135. The lowest BCUT2D eigenvalue weighted by atomic mass is 9.94. The average molecular weight is 262 g/mol. The number of esters is 1. The summed E-state index contributed by atoms with van der Waals surface area (Å²) in [5.74, 6) is 1.41. The van der Waals surface area contributed by atoms with Crippen molar-refractivity contribution in [3.63, 3.8) is 0 Å². The number of hydrogen-bond acceptors (Lipinski definition) is 3. The third-order valence-corrected chi connectivity index (χ3v) is 3.12. The maximum absolute atomic E-state index is 11.1. The standard InChI is InChI=1S/C16H22O3/c1-5-13(6-2)14-8-7-9-15(11-14)19-12(3)10-16(17)18-4/h7-11,13H,5-6H2,1-4H3/b12-10+. The highest BCUT2D eigenvalue weighted by Crippen LogP contribution is 2.26. The molecule has 1 aromatic carbocycles. The predicted molar refractivity (Wildman–Crippen MR) is 76.2 cm³/mol. The molecule has 19 heavy (non-hydrogen) atoms. The van der Waals surface area contributed by atoms with Crippen LogP contribution in [0.3, 0.4) is 0 Å². The number of rotatable bonds is 6. The monoisotopic (exact) mass is 262 g/mol. The van der Waals surface area contributed by atoms with Crippen LogP contribution in [0.5, 0.6) is 5.75 Å². The van der Waals surface area contributed by atoms with Crippen LogP contribution >= 0.6 is 0 Å². The zero-order valence-corrected chi connectivity index (χ0v) is 12.1. The summed E-state index contributed by atoms with van der Waals surface area (Å²) in [4.78, 5) is 11.1. The van der Waals surface area contributed by atoms with Gasteiger partial charge in [0, 0.05) is 0 Å². The van der Waals surface area contributed by atoms with Gasteiger partial charge >= 0.3 is 5.97 Å². The van der Waals surface area contributed by atoms with Gasteiger partial charge in [0.05, 0.1) is 13.2 Å². The van der Waals surface area contributed by atoms with E-state index in [2.05, 4.69) is 24.7 Å². The Labute approximate surface area is 115 Å². The lowest BCUT2D eigenvalue weighted by Crippen LogP contribution is -2.00. The minimum Gasteiger partial charge on any atom is -0.466 e. The van der Waals surface area contributed by atoms with Crippen LogP contribution in [0.1, 0.15) is 45.1 Å². The molecule has 0 radical (unpaired) electrons. The second kappa shape index (κ2) is 7.62. The van der Waals surface area contributed by atoms with E-state index in [0.717, 1.165) is 18.6 Å². The first-order valence-corrected chi connectivity index (χ1v) is 6.64. The van der Waals surface area contributed by atoms with Gasteiger partial charge in [0.1, 0.15) is 11.5 Å². The zero-order valence-electron chi connectivity index (χ0n) is 12.1. The lowest BCUT2D eigenvalue weighted by Gasteiger charge is -2.14. The summed E-state index contributed by atoms with van der Waals surface area (Å²) in [5, 5.41) is 0. The highest BCUT2D eigenvalue weighted by Gasteiger charge is 2.08. The molecular weight excluding hydrogens is 240 g/mol. The molecule has 104 valence electrons. The highest BCUT2D eigenvalue weighted by atomic mass is 16.5. The molecule has 1 rings (SSSR count). The van der Waals surface area contributed by atoms with E-state index in [1.807, 2.05) is 18.2 Å². The predicted octanol–water partition coefficient (Wildman–Crippen LogP) is 4.05. The fourth-order valence-electron chi connectivity index (χ4n) is 2.03. The van der Waals surface area contributed by atoms with Crippen LogP contribution in [-0.4, -0.2) is 13.1 Å². The van der Waals surface area contributed by atoms with Gasteiger partial charge in [-0.05, 0) is 43.4 Å². The normalized spacial score (nSPS) is 11.5. The largest absolute Gasteiger partial charge is 0.466 e. The maximum atomic E-state index is 11.1. The number of hydrogen-bond donors (Lipinski definition) is 0. The molecule has 0 amide bonds. The van der Waals surface area contributed by atoms with Gasteiger partial charge in [0.2, 0.25) is 0 Å². The van der Waals surface area contributed by atoms with Crippen molar-refractivity contribution in [3.8, 4) is 5.75 Å². The third-order valence-electron chi connectivity index (χ3n) is 3.12. The maximum Gasteiger partial charge on any atom is 0.333 e. The smallest absolute Gasteiger partial charge is 0.333 e. The Kier molecular flexibility index (Phi) is 6.13. The first kappa shape index (κ1) is 15.3. The van der Waals surface area contributed by atoms with Crippen LogP contribution in [0, 0.1) is 0 Å². The summed E-state index contributed by atoms with van der Waals surface area (Å²) in [7, 11) is 1.35. The van der Waals surface area contributed by atoms with Crippen LogP contribution in [0.2, 0.25) is 0 Å². The zero-order chi connectivity index (χ0) is 14.3. The Bertz CT molecular complexity index is 445. The van der Waals surface area contributed by atoms with E-state index < -0.39 is 5.97 Å². The van der Waals surface area contributed by atoms with Crippen molar-refractivity contribution in [3.05, 3.63) is 41.7 Å². The Hall–Kier alpha value is -1.77. The molecule has 0 heterocycles. The number of ether oxygens (including phenoxy) is 2. The molecule has 0 aromatic heterocycles. The Morgan fingerprint density at radius 2 is 2.00 bits per heavy atom. The topological polar surface area (TPSA) is 35.5 Å². The molecule has 3 heteroatoms. The fraction of sp³-hybridized carbons (Fsp3) is 0.438. The molecule has 0 fully saturated rings. The van der Waals surface area contributed by atoms with Crippen molar-refractivity contribution < 1.29 is 14.3 Å². The summed E-state index contributed by atoms with van der Waals surface area (Å²) < 4.78 is 10.2. The first-order chi connectivity index (χ1) is 9.10. The summed E-state index contributed by atoms with van der Waals surface area (Å²) in [6.45, 7) is 6.11. The van der Waals surface area contributed by atoms with Gasteiger partial charge in [-0.2, -0.15) is 0 Å². The van der Waals surface area contributed by atoms with Crippen molar-refractivity contribution in [1.82, 2.24) is 0 Å². The molecule has 0 saturated heterocycles. The molecule has 0 bridgehead atoms. The van der Waals surface area contributed by atoms with Crippen molar-refractivity contribution in [2.75, 3.05) is 7.11 Å². The first-order valence-electron chi connectivity index (χ1n) is 6.64. The highest BCUT2D eigenvalue weighted by molar-refractivity contribution is 5.82. The second-order valence-corrected chi connectivity index (χ2v) is 4.47. The SMILES string of the molecule is CCC(CC)c1cccc(O/C(C)=C/C(=O)OC)c1. The Morgan fingerprint density at radius 3 is 2.58 bits per heavy atom. The number of carbonyl (C=O) groups excluding carboxylic acids is 1. The van der Waals surface area contributed by atoms with E-state index in [1.165, 1.54) is 18.7 Å². The molecule has 3 nitrogen and oxygen atoms in total. The van der Waals surface area contributed by atoms with Gasteiger partial charge < -0.3 is 9.47 Å². The number of allylic oxidation sites excluding steroid dienone is 1. The van der Waals surface area contributed by atoms with Crippen molar-refractivity contribution in [1.29, 1.82) is 0 Å². The molecule has 0 unspecified atom stereocenters. The van der Waals surface area contributed by atoms with Crippen LogP contribution in [0.4, 0.5) is 0 Å². The molecule has 0 spiro atoms. The number of methoxy groups -OCH3 is 1. The van der Waals surface area contributed by atoms with Crippen LogP contribution in [-0.2, 0) is 9.53 Å². The van der Waals surface area contributed by atoms with Crippen molar-refractivity contribution >= 4 is 5.97 Å². The fourth-order valence-corrected chi connectivity index (χ4v) is 2.03. The van der Waals surface area contributed by atoms with E-state index in [-0.39, 0.29) is 0 Å². The summed E-state index contributed by atoms with van der Waals surface area (Å²) >= 11 is 0. The van der Waals surface area contributed by atoms with Gasteiger partial charge in [-0.1, -0.05) is 26.0 Å². The van der Waals surface area contributed by atoms with Gasteiger partial charge in [-0.15, -0.1) is 0 Å². The minimum absolute atomic E-state index is 0.409. The quantitative estimate of drug-likeness (QED) is 0.441. The average Bonchev–Trinajstić information content (AvgIpc) is 2.40. The third kappa shape index (κ3) is 4.78. The van der Waals surface area contributed by atoms with E-state index in [0.29, 0.717) is 11.7 Å². The van der Waals surface area contributed by atoms with Gasteiger partial charge in [0.15, 0.2) is 0 Å². The van der Waals surface area contributed by atoms with E-state index in [4.69, 9.17) is 4.74 Å². The molecule has 0 aliphatic carbocycles. The van der Waals surface area contributed by atoms with Gasteiger partial charge in [0.25, 0.3) is 0 Å². The van der Waals surface area contributed by atoms with Crippen LogP contribution in [0.25, 0.3) is 0 Å². The minimum atomic E-state index is -0.409. The molecule has 0 N–H and O–H groups in total. The van der Waals surface area contributed by atoms with Gasteiger partial charge in [-0.25, -0.2) is 4.79 Å². The molecule has 0 atom stereocenters.